The van der Waals surface area contributed by atoms with Crippen molar-refractivity contribution in [2.24, 2.45) is 0 Å². The molecule has 2 aliphatic heterocycles. The number of benzene rings is 1. The van der Waals surface area contributed by atoms with E-state index < -0.39 is 10.0 Å². The topological polar surface area (TPSA) is 75.3 Å². The van der Waals surface area contributed by atoms with E-state index in [2.05, 4.69) is 10.2 Å². The Morgan fingerprint density at radius 1 is 1.32 bits per heavy atom. The molecule has 0 radical (unpaired) electrons. The van der Waals surface area contributed by atoms with Gasteiger partial charge in [0.05, 0.1) is 24.7 Å². The Balaban J connectivity index is 1.48. The number of hydrogen-bond donors (Lipinski definition) is 1. The molecule has 2 aromatic rings. The molecule has 2 aliphatic rings. The van der Waals surface area contributed by atoms with Crippen LogP contribution in [0.3, 0.4) is 0 Å². The molecule has 0 bridgehead atoms. The molecule has 1 N–H and O–H groups in total. The maximum atomic E-state index is 12.7. The van der Waals surface area contributed by atoms with Gasteiger partial charge in [0.15, 0.2) is 0 Å². The van der Waals surface area contributed by atoms with Crippen LogP contribution in [0.15, 0.2) is 24.3 Å². The smallest absolute Gasteiger partial charge is 0.218 e. The van der Waals surface area contributed by atoms with E-state index in [4.69, 9.17) is 16.3 Å². The average Bonchev–Trinajstić information content (AvgIpc) is 3.23. The van der Waals surface area contributed by atoms with Crippen molar-refractivity contribution in [3.63, 3.8) is 0 Å². The average molecular weight is 382 g/mol. The van der Waals surface area contributed by atoms with Crippen molar-refractivity contribution in [1.29, 1.82) is 0 Å². The molecule has 6 nitrogen and oxygen atoms in total. The predicted octanol–water partition coefficient (Wildman–Crippen LogP) is 2.46. The molecule has 1 saturated heterocycles. The zero-order valence-electron chi connectivity index (χ0n) is 13.7. The number of nitrogens with one attached hydrogen (secondary N) is 1. The van der Waals surface area contributed by atoms with Crippen molar-refractivity contribution in [2.75, 3.05) is 19.7 Å². The van der Waals surface area contributed by atoms with Gasteiger partial charge in [0.2, 0.25) is 10.0 Å². The highest BCUT2D eigenvalue weighted by atomic mass is 35.5. The van der Waals surface area contributed by atoms with Gasteiger partial charge < -0.3 is 4.74 Å². The highest BCUT2D eigenvalue weighted by molar-refractivity contribution is 7.88. The van der Waals surface area contributed by atoms with Crippen molar-refractivity contribution in [2.45, 2.75) is 31.1 Å². The summed E-state index contributed by atoms with van der Waals surface area (Å²) in [6.07, 6.45) is 1.63. The Morgan fingerprint density at radius 3 is 2.92 bits per heavy atom. The first-order valence-corrected chi connectivity index (χ1v) is 10.4. The van der Waals surface area contributed by atoms with Gasteiger partial charge in [0, 0.05) is 41.7 Å². The molecule has 1 unspecified atom stereocenters. The maximum Gasteiger partial charge on any atom is 0.218 e. The van der Waals surface area contributed by atoms with Crippen LogP contribution in [0.5, 0.6) is 0 Å². The molecule has 3 heterocycles. The summed E-state index contributed by atoms with van der Waals surface area (Å²) >= 11 is 5.86. The first-order chi connectivity index (χ1) is 12.0. The minimum Gasteiger partial charge on any atom is -0.376 e. The number of aromatic nitrogens is 2. The standard InChI is InChI=1S/C17H20ClN3O3S/c18-14-3-1-12(2-4-14)11-25(22,23)21-7-5-13(9-21)17-15-10-24-8-6-16(15)19-20-17/h1-4,13H,5-11H2,(H,19,20). The second-order valence-electron chi connectivity index (χ2n) is 6.59. The number of nitrogens with zero attached hydrogens (tertiary/aromatic N) is 2. The number of rotatable bonds is 4. The molecule has 0 aliphatic carbocycles. The third-order valence-corrected chi connectivity index (χ3v) is 6.99. The molecule has 25 heavy (non-hydrogen) atoms. The number of aromatic amines is 1. The number of sulfonamides is 1. The fraction of sp³-hybridized carbons (Fsp3) is 0.471. The van der Waals surface area contributed by atoms with Gasteiger partial charge in [-0.05, 0) is 24.1 Å². The Hall–Kier alpha value is -1.41. The molecular weight excluding hydrogens is 362 g/mol. The zero-order valence-corrected chi connectivity index (χ0v) is 15.3. The van der Waals surface area contributed by atoms with E-state index in [0.717, 1.165) is 35.4 Å². The van der Waals surface area contributed by atoms with Crippen LogP contribution in [0.2, 0.25) is 5.02 Å². The highest BCUT2D eigenvalue weighted by Gasteiger charge is 2.35. The van der Waals surface area contributed by atoms with E-state index in [1.807, 2.05) is 0 Å². The maximum absolute atomic E-state index is 12.7. The number of hydrogen-bond acceptors (Lipinski definition) is 4. The van der Waals surface area contributed by atoms with Gasteiger partial charge in [0.25, 0.3) is 0 Å². The lowest BCUT2D eigenvalue weighted by Gasteiger charge is -2.17. The Bertz CT molecular complexity index is 864. The minimum absolute atomic E-state index is 0.00132. The molecular formula is C17H20ClN3O3S. The quantitative estimate of drug-likeness (QED) is 0.882. The number of fused-ring (bicyclic) bond motifs is 1. The zero-order chi connectivity index (χ0) is 17.4. The Kier molecular flexibility index (Phi) is 4.58. The van der Waals surface area contributed by atoms with Gasteiger partial charge in [-0.15, -0.1) is 0 Å². The highest BCUT2D eigenvalue weighted by Crippen LogP contribution is 2.33. The summed E-state index contributed by atoms with van der Waals surface area (Å²) in [5, 5.41) is 8.14. The molecule has 1 aromatic heterocycles. The van der Waals surface area contributed by atoms with Crippen LogP contribution >= 0.6 is 11.6 Å². The van der Waals surface area contributed by atoms with Gasteiger partial charge in [-0.2, -0.15) is 5.10 Å². The fourth-order valence-electron chi connectivity index (χ4n) is 3.56. The predicted molar refractivity (Wildman–Crippen MR) is 95.0 cm³/mol. The van der Waals surface area contributed by atoms with Crippen molar-refractivity contribution >= 4 is 21.6 Å². The van der Waals surface area contributed by atoms with Gasteiger partial charge in [-0.25, -0.2) is 12.7 Å². The van der Waals surface area contributed by atoms with Crippen molar-refractivity contribution in [3.05, 3.63) is 51.8 Å². The van der Waals surface area contributed by atoms with E-state index in [-0.39, 0.29) is 11.7 Å². The van der Waals surface area contributed by atoms with Gasteiger partial charge in [0.1, 0.15) is 0 Å². The van der Waals surface area contributed by atoms with E-state index >= 15 is 0 Å². The van der Waals surface area contributed by atoms with E-state index in [1.165, 1.54) is 0 Å². The van der Waals surface area contributed by atoms with Crippen LogP contribution in [0.4, 0.5) is 0 Å². The molecule has 4 rings (SSSR count). The summed E-state index contributed by atoms with van der Waals surface area (Å²) in [4.78, 5) is 0. The lowest BCUT2D eigenvalue weighted by molar-refractivity contribution is 0.109. The van der Waals surface area contributed by atoms with E-state index in [0.29, 0.717) is 31.3 Å². The number of ether oxygens (including phenoxy) is 1. The van der Waals surface area contributed by atoms with Crippen LogP contribution in [-0.4, -0.2) is 42.6 Å². The summed E-state index contributed by atoms with van der Waals surface area (Å²) < 4.78 is 32.6. The summed E-state index contributed by atoms with van der Waals surface area (Å²) in [5.41, 5.74) is 3.97. The Labute approximate surface area is 152 Å². The first kappa shape index (κ1) is 17.0. The largest absolute Gasteiger partial charge is 0.376 e. The molecule has 134 valence electrons. The molecule has 1 fully saturated rings. The van der Waals surface area contributed by atoms with E-state index in [1.54, 1.807) is 28.6 Å². The van der Waals surface area contributed by atoms with Gasteiger partial charge >= 0.3 is 0 Å². The van der Waals surface area contributed by atoms with Crippen LogP contribution < -0.4 is 0 Å². The van der Waals surface area contributed by atoms with Gasteiger partial charge in [-0.1, -0.05) is 23.7 Å². The lowest BCUT2D eigenvalue weighted by Crippen LogP contribution is -2.30. The first-order valence-electron chi connectivity index (χ1n) is 8.39. The Morgan fingerprint density at radius 2 is 2.12 bits per heavy atom. The fourth-order valence-corrected chi connectivity index (χ4v) is 5.27. The molecule has 1 atom stereocenters. The lowest BCUT2D eigenvalue weighted by atomic mass is 9.98. The normalized spacial score (nSPS) is 21.4. The minimum atomic E-state index is -3.35. The number of H-pyrrole nitrogens is 1. The van der Waals surface area contributed by atoms with Crippen molar-refractivity contribution in [1.82, 2.24) is 14.5 Å². The van der Waals surface area contributed by atoms with Crippen LogP contribution in [-0.2, 0) is 33.5 Å². The van der Waals surface area contributed by atoms with Crippen LogP contribution in [0.1, 0.15) is 34.9 Å². The monoisotopic (exact) mass is 381 g/mol. The van der Waals surface area contributed by atoms with Crippen molar-refractivity contribution in [3.8, 4) is 0 Å². The summed E-state index contributed by atoms with van der Waals surface area (Å²) in [6.45, 7) is 2.28. The summed E-state index contributed by atoms with van der Waals surface area (Å²) in [5.74, 6) is 0.125. The molecule has 1 aromatic carbocycles. The molecule has 0 saturated carbocycles. The number of halogens is 1. The second kappa shape index (κ2) is 6.72. The van der Waals surface area contributed by atoms with Crippen LogP contribution in [0, 0.1) is 0 Å². The molecule has 0 spiro atoms. The second-order valence-corrected chi connectivity index (χ2v) is 9.00. The summed E-state index contributed by atoms with van der Waals surface area (Å²) in [6, 6.07) is 6.95. The SMILES string of the molecule is O=S(=O)(Cc1ccc(Cl)cc1)N1CCC(c2n[nH]c3c2COCC3)C1. The summed E-state index contributed by atoms with van der Waals surface area (Å²) in [7, 11) is -3.35. The van der Waals surface area contributed by atoms with E-state index in [9.17, 15) is 8.42 Å². The van der Waals surface area contributed by atoms with Crippen LogP contribution in [0.25, 0.3) is 0 Å². The molecule has 8 heteroatoms. The van der Waals surface area contributed by atoms with Crippen molar-refractivity contribution < 1.29 is 13.2 Å². The van der Waals surface area contributed by atoms with Gasteiger partial charge in [-0.3, -0.25) is 5.10 Å². The third-order valence-electron chi connectivity index (χ3n) is 4.92. The third kappa shape index (κ3) is 3.46. The molecule has 0 amide bonds.